The molecule has 2 aliphatic rings. The summed E-state index contributed by atoms with van der Waals surface area (Å²) in [5.74, 6) is 0.640. The number of esters is 1. The molecule has 1 atom stereocenters. The fraction of sp³-hybridized carbons (Fsp3) is 0.750. The molecule has 0 aromatic rings. The lowest BCUT2D eigenvalue weighted by Gasteiger charge is -2.24. The van der Waals surface area contributed by atoms with E-state index in [4.69, 9.17) is 9.47 Å². The molecular weight excluding hydrogens is 192 g/mol. The third-order valence-electron chi connectivity index (χ3n) is 3.17. The third kappa shape index (κ3) is 2.33. The summed E-state index contributed by atoms with van der Waals surface area (Å²) in [6, 6.07) is 0. The van der Waals surface area contributed by atoms with E-state index >= 15 is 0 Å². The molecule has 1 heterocycles. The maximum atomic E-state index is 11.4. The molecule has 1 aliphatic carbocycles. The lowest BCUT2D eigenvalue weighted by Crippen LogP contribution is -2.22. The molecule has 1 fully saturated rings. The number of carbonyl (C=O) groups excluding carboxylic acids is 1. The van der Waals surface area contributed by atoms with Crippen LogP contribution in [0.25, 0.3) is 0 Å². The fourth-order valence-electron chi connectivity index (χ4n) is 2.39. The maximum absolute atomic E-state index is 11.4. The van der Waals surface area contributed by atoms with E-state index in [1.165, 1.54) is 32.1 Å². The van der Waals surface area contributed by atoms with Gasteiger partial charge in [0.2, 0.25) is 5.76 Å². The van der Waals surface area contributed by atoms with Gasteiger partial charge in [-0.3, -0.25) is 0 Å². The Morgan fingerprint density at radius 1 is 1.40 bits per heavy atom. The van der Waals surface area contributed by atoms with Crippen LogP contribution in [0, 0.1) is 5.92 Å². The molecule has 0 aromatic heterocycles. The minimum absolute atomic E-state index is 0.0284. The molecule has 0 aromatic carbocycles. The SMILES string of the molecule is CCOC1=CC(C2CCCCC2)OC1=O. The molecule has 1 saturated carbocycles. The van der Waals surface area contributed by atoms with Crippen LogP contribution in [0.4, 0.5) is 0 Å². The molecule has 3 heteroatoms. The van der Waals surface area contributed by atoms with Gasteiger partial charge in [-0.2, -0.15) is 0 Å². The molecule has 3 nitrogen and oxygen atoms in total. The van der Waals surface area contributed by atoms with E-state index in [9.17, 15) is 4.79 Å². The number of cyclic esters (lactones) is 1. The summed E-state index contributed by atoms with van der Waals surface area (Å²) in [5.41, 5.74) is 0. The lowest BCUT2D eigenvalue weighted by molar-refractivity contribution is -0.145. The lowest BCUT2D eigenvalue weighted by atomic mass is 9.85. The molecule has 15 heavy (non-hydrogen) atoms. The van der Waals surface area contributed by atoms with Gasteiger partial charge in [-0.25, -0.2) is 4.79 Å². The van der Waals surface area contributed by atoms with Crippen LogP contribution in [0.3, 0.4) is 0 Å². The van der Waals surface area contributed by atoms with Crippen molar-refractivity contribution >= 4 is 5.97 Å². The third-order valence-corrected chi connectivity index (χ3v) is 3.17. The van der Waals surface area contributed by atoms with Crippen LogP contribution in [0.15, 0.2) is 11.8 Å². The zero-order valence-corrected chi connectivity index (χ0v) is 9.20. The molecular formula is C12H18O3. The number of hydrogen-bond donors (Lipinski definition) is 0. The Morgan fingerprint density at radius 3 is 2.80 bits per heavy atom. The monoisotopic (exact) mass is 210 g/mol. The average molecular weight is 210 g/mol. The van der Waals surface area contributed by atoms with Gasteiger partial charge < -0.3 is 9.47 Å². The Morgan fingerprint density at radius 2 is 2.13 bits per heavy atom. The second-order valence-electron chi connectivity index (χ2n) is 4.23. The molecule has 84 valence electrons. The molecule has 1 unspecified atom stereocenters. The summed E-state index contributed by atoms with van der Waals surface area (Å²) in [6.45, 7) is 2.40. The van der Waals surface area contributed by atoms with Crippen LogP contribution in [0.2, 0.25) is 0 Å². The van der Waals surface area contributed by atoms with Gasteiger partial charge in [0.05, 0.1) is 6.61 Å². The van der Waals surface area contributed by atoms with E-state index in [-0.39, 0.29) is 12.1 Å². The van der Waals surface area contributed by atoms with Gasteiger partial charge in [-0.05, 0) is 25.7 Å². The number of carbonyl (C=O) groups is 1. The largest absolute Gasteiger partial charge is 0.487 e. The predicted octanol–water partition coefficient (Wildman–Crippen LogP) is 2.41. The van der Waals surface area contributed by atoms with Crippen molar-refractivity contribution in [1.29, 1.82) is 0 Å². The first-order valence-corrected chi connectivity index (χ1v) is 5.87. The summed E-state index contributed by atoms with van der Waals surface area (Å²) in [5, 5.41) is 0. The van der Waals surface area contributed by atoms with Gasteiger partial charge >= 0.3 is 5.97 Å². The van der Waals surface area contributed by atoms with Gasteiger partial charge in [0.15, 0.2) is 0 Å². The first-order chi connectivity index (χ1) is 7.31. The van der Waals surface area contributed by atoms with Crippen molar-refractivity contribution in [1.82, 2.24) is 0 Å². The van der Waals surface area contributed by atoms with Crippen LogP contribution in [-0.2, 0) is 14.3 Å². The average Bonchev–Trinajstić information content (AvgIpc) is 2.63. The number of rotatable bonds is 3. The molecule has 1 aliphatic heterocycles. The van der Waals surface area contributed by atoms with Gasteiger partial charge in [0.25, 0.3) is 0 Å². The van der Waals surface area contributed by atoms with E-state index in [1.54, 1.807) is 0 Å². The Labute approximate surface area is 90.4 Å². The highest BCUT2D eigenvalue weighted by molar-refractivity contribution is 5.88. The van der Waals surface area contributed by atoms with Crippen molar-refractivity contribution in [2.24, 2.45) is 5.92 Å². The highest BCUT2D eigenvalue weighted by atomic mass is 16.6. The Kier molecular flexibility index (Phi) is 3.29. The predicted molar refractivity (Wildman–Crippen MR) is 56.2 cm³/mol. The first kappa shape index (κ1) is 10.5. The van der Waals surface area contributed by atoms with Crippen molar-refractivity contribution < 1.29 is 14.3 Å². The smallest absolute Gasteiger partial charge is 0.373 e. The van der Waals surface area contributed by atoms with Crippen molar-refractivity contribution in [3.63, 3.8) is 0 Å². The quantitative estimate of drug-likeness (QED) is 0.671. The van der Waals surface area contributed by atoms with Crippen molar-refractivity contribution in [2.75, 3.05) is 6.61 Å². The van der Waals surface area contributed by atoms with Crippen LogP contribution in [-0.4, -0.2) is 18.7 Å². The zero-order valence-electron chi connectivity index (χ0n) is 9.20. The second-order valence-corrected chi connectivity index (χ2v) is 4.23. The van der Waals surface area contributed by atoms with Gasteiger partial charge in [-0.15, -0.1) is 0 Å². The van der Waals surface area contributed by atoms with Gasteiger partial charge in [0.1, 0.15) is 6.10 Å². The highest BCUT2D eigenvalue weighted by Gasteiger charge is 2.33. The van der Waals surface area contributed by atoms with E-state index in [2.05, 4.69) is 0 Å². The van der Waals surface area contributed by atoms with E-state index in [1.807, 2.05) is 13.0 Å². The van der Waals surface area contributed by atoms with Crippen LogP contribution in [0.1, 0.15) is 39.0 Å². The zero-order chi connectivity index (χ0) is 10.7. The Bertz CT molecular complexity index is 264. The molecule has 0 amide bonds. The summed E-state index contributed by atoms with van der Waals surface area (Å²) in [6.07, 6.45) is 8.02. The standard InChI is InChI=1S/C12H18O3/c1-2-14-11-8-10(15-12(11)13)9-6-4-3-5-7-9/h8-10H,2-7H2,1H3. The number of hydrogen-bond acceptors (Lipinski definition) is 3. The van der Waals surface area contributed by atoms with Crippen molar-refractivity contribution in [2.45, 2.75) is 45.1 Å². The molecule has 0 spiro atoms. The second kappa shape index (κ2) is 4.69. The van der Waals surface area contributed by atoms with Crippen LogP contribution >= 0.6 is 0 Å². The van der Waals surface area contributed by atoms with Crippen molar-refractivity contribution in [3.8, 4) is 0 Å². The summed E-state index contributed by atoms with van der Waals surface area (Å²) < 4.78 is 10.5. The van der Waals surface area contributed by atoms with E-state index in [0.29, 0.717) is 18.3 Å². The summed E-state index contributed by atoms with van der Waals surface area (Å²) in [7, 11) is 0. The van der Waals surface area contributed by atoms with Gasteiger partial charge in [0, 0.05) is 6.08 Å². The minimum atomic E-state index is -0.285. The Hall–Kier alpha value is -0.990. The molecule has 0 radical (unpaired) electrons. The molecule has 0 saturated heterocycles. The normalized spacial score (nSPS) is 27.4. The molecule has 0 N–H and O–H groups in total. The fourth-order valence-corrected chi connectivity index (χ4v) is 2.39. The summed E-state index contributed by atoms with van der Waals surface area (Å²) >= 11 is 0. The highest BCUT2D eigenvalue weighted by Crippen LogP contribution is 2.32. The van der Waals surface area contributed by atoms with Gasteiger partial charge in [-0.1, -0.05) is 19.3 Å². The molecule has 2 rings (SSSR count). The van der Waals surface area contributed by atoms with Crippen LogP contribution in [0.5, 0.6) is 0 Å². The number of ether oxygens (including phenoxy) is 2. The maximum Gasteiger partial charge on any atom is 0.373 e. The van der Waals surface area contributed by atoms with E-state index in [0.717, 1.165) is 0 Å². The van der Waals surface area contributed by atoms with Crippen LogP contribution < -0.4 is 0 Å². The Balaban J connectivity index is 1.96. The van der Waals surface area contributed by atoms with Crippen molar-refractivity contribution in [3.05, 3.63) is 11.8 Å². The first-order valence-electron chi connectivity index (χ1n) is 5.87. The molecule has 0 bridgehead atoms. The minimum Gasteiger partial charge on any atom is -0.487 e. The van der Waals surface area contributed by atoms with E-state index < -0.39 is 0 Å². The summed E-state index contributed by atoms with van der Waals surface area (Å²) in [4.78, 5) is 11.4. The topological polar surface area (TPSA) is 35.5 Å².